The van der Waals surface area contributed by atoms with E-state index >= 15 is 0 Å². The Kier molecular flexibility index (Phi) is 4.81. The molecule has 0 amide bonds. The highest BCUT2D eigenvalue weighted by atomic mass is 79.9. The van der Waals surface area contributed by atoms with Crippen molar-refractivity contribution in [3.63, 3.8) is 0 Å². The Labute approximate surface area is 155 Å². The standard InChI is InChI=1S/C19H20BrN5/c20-16-3-5-18(6-4-16)25-9-7-17(13-25)22-11-15-12-23-24-19(15)14-2-1-8-21-10-14/h1-6,8,10,12,17,22H,7,9,11,13H2,(H,23,24). The van der Waals surface area contributed by atoms with E-state index in [1.54, 1.807) is 6.20 Å². The summed E-state index contributed by atoms with van der Waals surface area (Å²) in [5, 5.41) is 11.0. The van der Waals surface area contributed by atoms with Gasteiger partial charge in [-0.15, -0.1) is 0 Å². The van der Waals surface area contributed by atoms with E-state index in [0.29, 0.717) is 6.04 Å². The molecule has 0 saturated carbocycles. The second-order valence-electron chi connectivity index (χ2n) is 6.30. The van der Waals surface area contributed by atoms with Crippen molar-refractivity contribution in [1.82, 2.24) is 20.5 Å². The van der Waals surface area contributed by atoms with Gasteiger partial charge in [-0.2, -0.15) is 5.10 Å². The topological polar surface area (TPSA) is 56.8 Å². The van der Waals surface area contributed by atoms with Gasteiger partial charge in [0.05, 0.1) is 11.9 Å². The third-order valence-corrected chi connectivity index (χ3v) is 5.16. The summed E-state index contributed by atoms with van der Waals surface area (Å²) in [4.78, 5) is 6.62. The minimum atomic E-state index is 0.486. The largest absolute Gasteiger partial charge is 0.370 e. The van der Waals surface area contributed by atoms with Gasteiger partial charge in [0, 0.05) is 59.4 Å². The van der Waals surface area contributed by atoms with Crippen molar-refractivity contribution in [1.29, 1.82) is 0 Å². The molecule has 25 heavy (non-hydrogen) atoms. The van der Waals surface area contributed by atoms with E-state index in [1.165, 1.54) is 11.3 Å². The van der Waals surface area contributed by atoms with Crippen molar-refractivity contribution < 1.29 is 0 Å². The molecule has 1 aromatic carbocycles. The average Bonchev–Trinajstić information content (AvgIpc) is 3.31. The molecule has 1 saturated heterocycles. The lowest BCUT2D eigenvalue weighted by molar-refractivity contribution is 0.552. The Bertz CT molecular complexity index is 815. The maximum atomic E-state index is 4.21. The van der Waals surface area contributed by atoms with Crippen LogP contribution in [0.3, 0.4) is 0 Å². The van der Waals surface area contributed by atoms with Gasteiger partial charge >= 0.3 is 0 Å². The maximum Gasteiger partial charge on any atom is 0.0710 e. The fourth-order valence-corrected chi connectivity index (χ4v) is 3.54. The maximum absolute atomic E-state index is 4.21. The van der Waals surface area contributed by atoms with Crippen LogP contribution >= 0.6 is 15.9 Å². The number of halogens is 1. The number of anilines is 1. The molecule has 1 unspecified atom stereocenters. The monoisotopic (exact) mass is 397 g/mol. The lowest BCUT2D eigenvalue weighted by Gasteiger charge is -2.19. The zero-order valence-electron chi connectivity index (χ0n) is 13.8. The Morgan fingerprint density at radius 1 is 1.20 bits per heavy atom. The third kappa shape index (κ3) is 3.75. The van der Waals surface area contributed by atoms with Crippen LogP contribution in [0, 0.1) is 0 Å². The molecule has 0 aliphatic carbocycles. The molecule has 3 heterocycles. The first-order chi connectivity index (χ1) is 12.3. The Balaban J connectivity index is 1.37. The predicted octanol–water partition coefficient (Wildman–Crippen LogP) is 3.60. The van der Waals surface area contributed by atoms with Gasteiger partial charge in [-0.05, 0) is 42.8 Å². The summed E-state index contributed by atoms with van der Waals surface area (Å²) in [6.07, 6.45) is 6.70. The number of nitrogens with one attached hydrogen (secondary N) is 2. The number of benzene rings is 1. The Morgan fingerprint density at radius 3 is 2.88 bits per heavy atom. The fourth-order valence-electron chi connectivity index (χ4n) is 3.27. The minimum absolute atomic E-state index is 0.486. The summed E-state index contributed by atoms with van der Waals surface area (Å²) in [7, 11) is 0. The number of rotatable bonds is 5. The zero-order valence-corrected chi connectivity index (χ0v) is 15.4. The average molecular weight is 398 g/mol. The summed E-state index contributed by atoms with van der Waals surface area (Å²) < 4.78 is 1.12. The minimum Gasteiger partial charge on any atom is -0.370 e. The summed E-state index contributed by atoms with van der Waals surface area (Å²) in [5.74, 6) is 0. The number of aromatic amines is 1. The Morgan fingerprint density at radius 2 is 2.08 bits per heavy atom. The molecule has 1 aliphatic rings. The first kappa shape index (κ1) is 16.3. The summed E-state index contributed by atoms with van der Waals surface area (Å²) in [5.41, 5.74) is 4.57. The van der Waals surface area contributed by atoms with Crippen LogP contribution in [0.25, 0.3) is 11.3 Å². The van der Waals surface area contributed by atoms with E-state index in [1.807, 2.05) is 18.5 Å². The van der Waals surface area contributed by atoms with Crippen LogP contribution in [0.15, 0.2) is 59.5 Å². The van der Waals surface area contributed by atoms with Crippen LogP contribution in [-0.4, -0.2) is 34.3 Å². The highest BCUT2D eigenvalue weighted by Gasteiger charge is 2.22. The predicted molar refractivity (Wildman–Crippen MR) is 103 cm³/mol. The molecule has 3 aromatic rings. The van der Waals surface area contributed by atoms with E-state index in [0.717, 1.165) is 41.8 Å². The number of nitrogens with zero attached hydrogens (tertiary/aromatic N) is 3. The van der Waals surface area contributed by atoms with Crippen LogP contribution in [-0.2, 0) is 6.54 Å². The number of hydrogen-bond acceptors (Lipinski definition) is 4. The lowest BCUT2D eigenvalue weighted by atomic mass is 10.1. The normalized spacial score (nSPS) is 17.2. The number of hydrogen-bond donors (Lipinski definition) is 2. The molecule has 1 atom stereocenters. The van der Waals surface area contributed by atoms with Crippen LogP contribution < -0.4 is 10.2 Å². The van der Waals surface area contributed by atoms with Crippen molar-refractivity contribution in [3.8, 4) is 11.3 Å². The highest BCUT2D eigenvalue weighted by molar-refractivity contribution is 9.10. The van der Waals surface area contributed by atoms with Crippen LogP contribution in [0.5, 0.6) is 0 Å². The summed E-state index contributed by atoms with van der Waals surface area (Å²) in [6, 6.07) is 13.0. The van der Waals surface area contributed by atoms with Gasteiger partial charge in [-0.25, -0.2) is 0 Å². The molecule has 4 rings (SSSR count). The van der Waals surface area contributed by atoms with Gasteiger partial charge in [-0.3, -0.25) is 10.1 Å². The molecule has 2 aromatic heterocycles. The molecule has 128 valence electrons. The van der Waals surface area contributed by atoms with Gasteiger partial charge < -0.3 is 10.2 Å². The number of aromatic nitrogens is 3. The molecule has 2 N–H and O–H groups in total. The first-order valence-electron chi connectivity index (χ1n) is 8.46. The highest BCUT2D eigenvalue weighted by Crippen LogP contribution is 2.24. The zero-order chi connectivity index (χ0) is 17.1. The van der Waals surface area contributed by atoms with Crippen LogP contribution in [0.2, 0.25) is 0 Å². The van der Waals surface area contributed by atoms with Crippen molar-refractivity contribution in [3.05, 3.63) is 65.0 Å². The molecule has 1 aliphatic heterocycles. The summed E-state index contributed by atoms with van der Waals surface area (Å²) in [6.45, 7) is 2.92. The SMILES string of the molecule is Brc1ccc(N2CCC(NCc3cn[nH]c3-c3cccnc3)C2)cc1. The number of pyridine rings is 1. The van der Waals surface area contributed by atoms with E-state index in [2.05, 4.69) is 71.7 Å². The quantitative estimate of drug-likeness (QED) is 0.690. The molecular weight excluding hydrogens is 378 g/mol. The molecule has 1 fully saturated rings. The van der Waals surface area contributed by atoms with Gasteiger partial charge in [0.25, 0.3) is 0 Å². The molecule has 0 bridgehead atoms. The molecule has 0 spiro atoms. The van der Waals surface area contributed by atoms with Crippen LogP contribution in [0.4, 0.5) is 5.69 Å². The molecular formula is C19H20BrN5. The van der Waals surface area contributed by atoms with Gasteiger partial charge in [-0.1, -0.05) is 15.9 Å². The lowest BCUT2D eigenvalue weighted by Crippen LogP contribution is -2.32. The van der Waals surface area contributed by atoms with Gasteiger partial charge in [0.2, 0.25) is 0 Å². The van der Waals surface area contributed by atoms with Gasteiger partial charge in [0.15, 0.2) is 0 Å². The number of H-pyrrole nitrogens is 1. The van der Waals surface area contributed by atoms with Crippen molar-refractivity contribution >= 4 is 21.6 Å². The molecule has 0 radical (unpaired) electrons. The van der Waals surface area contributed by atoms with Crippen molar-refractivity contribution in [2.45, 2.75) is 19.0 Å². The van der Waals surface area contributed by atoms with E-state index in [9.17, 15) is 0 Å². The van der Waals surface area contributed by atoms with Crippen molar-refractivity contribution in [2.24, 2.45) is 0 Å². The van der Waals surface area contributed by atoms with Gasteiger partial charge in [0.1, 0.15) is 0 Å². The second-order valence-corrected chi connectivity index (χ2v) is 7.22. The second kappa shape index (κ2) is 7.37. The van der Waals surface area contributed by atoms with Crippen molar-refractivity contribution in [2.75, 3.05) is 18.0 Å². The third-order valence-electron chi connectivity index (χ3n) is 4.63. The van der Waals surface area contributed by atoms with E-state index in [-0.39, 0.29) is 0 Å². The van der Waals surface area contributed by atoms with E-state index < -0.39 is 0 Å². The summed E-state index contributed by atoms with van der Waals surface area (Å²) >= 11 is 3.49. The van der Waals surface area contributed by atoms with Crippen LogP contribution in [0.1, 0.15) is 12.0 Å². The molecule has 6 heteroatoms. The van der Waals surface area contributed by atoms with E-state index in [4.69, 9.17) is 0 Å². The molecule has 5 nitrogen and oxygen atoms in total. The first-order valence-corrected chi connectivity index (χ1v) is 9.25. The smallest absolute Gasteiger partial charge is 0.0710 e. The Hall–Kier alpha value is -2.18. The fraction of sp³-hybridized carbons (Fsp3) is 0.263.